The molecule has 0 spiro atoms. The molecule has 1 aliphatic heterocycles. The first-order valence-corrected chi connectivity index (χ1v) is 7.47. The molecule has 1 saturated heterocycles. The van der Waals surface area contributed by atoms with Crippen molar-refractivity contribution in [2.75, 3.05) is 13.1 Å². The van der Waals surface area contributed by atoms with Crippen LogP contribution < -0.4 is 10.0 Å². The van der Waals surface area contributed by atoms with Gasteiger partial charge < -0.3 is 5.32 Å². The molecule has 0 amide bonds. The third-order valence-corrected chi connectivity index (χ3v) is 4.79. The number of nitrogens with one attached hydrogen (secondary N) is 2. The molecule has 18 heavy (non-hydrogen) atoms. The highest BCUT2D eigenvalue weighted by Crippen LogP contribution is 2.19. The number of halogens is 1. The minimum absolute atomic E-state index is 0.116. The van der Waals surface area contributed by atoms with Crippen LogP contribution in [0.2, 0.25) is 0 Å². The van der Waals surface area contributed by atoms with Crippen LogP contribution in [0, 0.1) is 12.7 Å². The highest BCUT2D eigenvalue weighted by Gasteiger charge is 2.25. The standard InChI is InChI=1S/C12H17FN2O2S/c1-9-3-2-4-11(13)12(9)18(16,17)15-10-5-7-14-8-6-10/h2-4,10,14-15H,5-8H2,1H3. The van der Waals surface area contributed by atoms with E-state index in [0.717, 1.165) is 25.9 Å². The van der Waals surface area contributed by atoms with Crippen LogP contribution in [0.1, 0.15) is 18.4 Å². The van der Waals surface area contributed by atoms with E-state index >= 15 is 0 Å². The molecule has 0 radical (unpaired) electrons. The summed E-state index contributed by atoms with van der Waals surface area (Å²) in [5.74, 6) is -0.698. The van der Waals surface area contributed by atoms with Gasteiger partial charge in [-0.25, -0.2) is 17.5 Å². The van der Waals surface area contributed by atoms with Gasteiger partial charge in [0.25, 0.3) is 0 Å². The fraction of sp³-hybridized carbons (Fsp3) is 0.500. The highest BCUT2D eigenvalue weighted by atomic mass is 32.2. The Hall–Kier alpha value is -0.980. The molecule has 1 aromatic rings. The van der Waals surface area contributed by atoms with Crippen molar-refractivity contribution in [3.63, 3.8) is 0 Å². The molecular weight excluding hydrogens is 255 g/mol. The molecule has 0 atom stereocenters. The molecule has 6 heteroatoms. The van der Waals surface area contributed by atoms with E-state index < -0.39 is 15.8 Å². The predicted octanol–water partition coefficient (Wildman–Crippen LogP) is 1.16. The maximum atomic E-state index is 13.7. The van der Waals surface area contributed by atoms with Crippen molar-refractivity contribution in [2.45, 2.75) is 30.7 Å². The van der Waals surface area contributed by atoms with E-state index in [9.17, 15) is 12.8 Å². The van der Waals surface area contributed by atoms with Gasteiger partial charge >= 0.3 is 0 Å². The molecule has 100 valence electrons. The zero-order chi connectivity index (χ0) is 13.2. The zero-order valence-corrected chi connectivity index (χ0v) is 11.1. The summed E-state index contributed by atoms with van der Waals surface area (Å²) < 4.78 is 40.6. The average molecular weight is 272 g/mol. The van der Waals surface area contributed by atoms with E-state index in [1.165, 1.54) is 12.1 Å². The molecule has 1 fully saturated rings. The van der Waals surface area contributed by atoms with Gasteiger partial charge in [0.05, 0.1) is 0 Å². The molecule has 0 aromatic heterocycles. The van der Waals surface area contributed by atoms with Crippen molar-refractivity contribution in [3.05, 3.63) is 29.6 Å². The van der Waals surface area contributed by atoms with Crippen molar-refractivity contribution in [1.29, 1.82) is 0 Å². The lowest BCUT2D eigenvalue weighted by Crippen LogP contribution is -2.43. The van der Waals surface area contributed by atoms with Crippen LogP contribution in [0.5, 0.6) is 0 Å². The Labute approximate surface area is 107 Å². The SMILES string of the molecule is Cc1cccc(F)c1S(=O)(=O)NC1CCNCC1. The van der Waals surface area contributed by atoms with Crippen molar-refractivity contribution in [3.8, 4) is 0 Å². The number of rotatable bonds is 3. The topological polar surface area (TPSA) is 58.2 Å². The Morgan fingerprint density at radius 1 is 1.33 bits per heavy atom. The molecule has 1 aliphatic rings. The van der Waals surface area contributed by atoms with Crippen LogP contribution in [-0.4, -0.2) is 27.5 Å². The number of benzene rings is 1. The maximum absolute atomic E-state index is 13.7. The second kappa shape index (κ2) is 5.34. The van der Waals surface area contributed by atoms with Crippen LogP contribution in [0.3, 0.4) is 0 Å². The maximum Gasteiger partial charge on any atom is 0.243 e. The van der Waals surface area contributed by atoms with E-state index in [4.69, 9.17) is 0 Å². The fourth-order valence-electron chi connectivity index (χ4n) is 2.18. The smallest absolute Gasteiger partial charge is 0.243 e. The third kappa shape index (κ3) is 2.88. The molecule has 0 aliphatic carbocycles. The number of hydrogen-bond acceptors (Lipinski definition) is 3. The second-order valence-corrected chi connectivity index (χ2v) is 6.18. The van der Waals surface area contributed by atoms with Crippen LogP contribution in [0.25, 0.3) is 0 Å². The first kappa shape index (κ1) is 13.5. The summed E-state index contributed by atoms with van der Waals surface area (Å²) in [6, 6.07) is 4.16. The van der Waals surface area contributed by atoms with E-state index in [-0.39, 0.29) is 10.9 Å². The largest absolute Gasteiger partial charge is 0.317 e. The summed E-state index contributed by atoms with van der Waals surface area (Å²) in [5, 5.41) is 3.15. The Morgan fingerprint density at radius 3 is 2.61 bits per heavy atom. The van der Waals surface area contributed by atoms with E-state index in [2.05, 4.69) is 10.0 Å². The Morgan fingerprint density at radius 2 is 2.00 bits per heavy atom. The molecule has 1 aromatic carbocycles. The first-order chi connectivity index (χ1) is 8.50. The molecule has 4 nitrogen and oxygen atoms in total. The normalized spacial score (nSPS) is 17.9. The van der Waals surface area contributed by atoms with Crippen molar-refractivity contribution in [1.82, 2.24) is 10.0 Å². The Balaban J connectivity index is 2.25. The van der Waals surface area contributed by atoms with Crippen molar-refractivity contribution in [2.24, 2.45) is 0 Å². The lowest BCUT2D eigenvalue weighted by molar-refractivity contribution is 0.426. The van der Waals surface area contributed by atoms with E-state index in [0.29, 0.717) is 5.56 Å². The molecule has 0 saturated carbocycles. The van der Waals surface area contributed by atoms with E-state index in [1.807, 2.05) is 0 Å². The van der Waals surface area contributed by atoms with Crippen molar-refractivity contribution < 1.29 is 12.8 Å². The number of aryl methyl sites for hydroxylation is 1. The summed E-state index contributed by atoms with van der Waals surface area (Å²) in [6.45, 7) is 3.16. The summed E-state index contributed by atoms with van der Waals surface area (Å²) in [4.78, 5) is -0.233. The minimum atomic E-state index is -3.77. The molecule has 1 heterocycles. The predicted molar refractivity (Wildman–Crippen MR) is 67.4 cm³/mol. The fourth-order valence-corrected chi connectivity index (χ4v) is 3.78. The van der Waals surface area contributed by atoms with Crippen LogP contribution in [0.4, 0.5) is 4.39 Å². The van der Waals surface area contributed by atoms with Gasteiger partial charge in [-0.05, 0) is 44.5 Å². The van der Waals surface area contributed by atoms with Gasteiger partial charge in [-0.15, -0.1) is 0 Å². The quantitative estimate of drug-likeness (QED) is 0.868. The molecule has 0 bridgehead atoms. The third-order valence-electron chi connectivity index (χ3n) is 3.09. The molecule has 2 N–H and O–H groups in total. The lowest BCUT2D eigenvalue weighted by atomic mass is 10.1. The van der Waals surface area contributed by atoms with Crippen LogP contribution in [0.15, 0.2) is 23.1 Å². The summed E-state index contributed by atoms with van der Waals surface area (Å²) in [6.07, 6.45) is 1.46. The van der Waals surface area contributed by atoms with Gasteiger partial charge in [-0.2, -0.15) is 0 Å². The van der Waals surface area contributed by atoms with Gasteiger partial charge in [-0.3, -0.25) is 0 Å². The highest BCUT2D eigenvalue weighted by molar-refractivity contribution is 7.89. The summed E-state index contributed by atoms with van der Waals surface area (Å²) in [7, 11) is -3.77. The molecule has 0 unspecified atom stereocenters. The van der Waals surface area contributed by atoms with Gasteiger partial charge in [0.15, 0.2) is 0 Å². The monoisotopic (exact) mass is 272 g/mol. The van der Waals surface area contributed by atoms with Gasteiger partial charge in [-0.1, -0.05) is 12.1 Å². The number of piperidine rings is 1. The molecule has 2 rings (SSSR count). The van der Waals surface area contributed by atoms with Crippen LogP contribution >= 0.6 is 0 Å². The summed E-state index contributed by atoms with van der Waals surface area (Å²) >= 11 is 0. The first-order valence-electron chi connectivity index (χ1n) is 5.99. The number of hydrogen-bond donors (Lipinski definition) is 2. The number of sulfonamides is 1. The van der Waals surface area contributed by atoms with Gasteiger partial charge in [0, 0.05) is 6.04 Å². The second-order valence-electron chi connectivity index (χ2n) is 4.53. The van der Waals surface area contributed by atoms with Crippen molar-refractivity contribution >= 4 is 10.0 Å². The minimum Gasteiger partial charge on any atom is -0.317 e. The molecular formula is C12H17FN2O2S. The average Bonchev–Trinajstić information content (AvgIpc) is 2.28. The zero-order valence-electron chi connectivity index (χ0n) is 10.2. The lowest BCUT2D eigenvalue weighted by Gasteiger charge is -2.24. The van der Waals surface area contributed by atoms with Gasteiger partial charge in [0.2, 0.25) is 10.0 Å². The Bertz CT molecular complexity index is 505. The van der Waals surface area contributed by atoms with E-state index in [1.54, 1.807) is 13.0 Å². The summed E-state index contributed by atoms with van der Waals surface area (Å²) in [5.41, 5.74) is 0.427. The van der Waals surface area contributed by atoms with Crippen LogP contribution in [-0.2, 0) is 10.0 Å². The Kier molecular flexibility index (Phi) is 3.99. The van der Waals surface area contributed by atoms with Gasteiger partial charge in [0.1, 0.15) is 10.7 Å².